The Morgan fingerprint density at radius 1 is 1.20 bits per heavy atom. The lowest BCUT2D eigenvalue weighted by molar-refractivity contribution is -0.176. The summed E-state index contributed by atoms with van der Waals surface area (Å²) in [6, 6.07) is 7.46. The predicted molar refractivity (Wildman–Crippen MR) is 83.7 cm³/mol. The topological polar surface area (TPSA) is 43.4 Å². The van der Waals surface area contributed by atoms with Gasteiger partial charge in [0.2, 0.25) is 0 Å². The minimum absolute atomic E-state index is 0.128. The summed E-state index contributed by atoms with van der Waals surface area (Å²) < 4.78 is 5.64. The first-order valence-corrected chi connectivity index (χ1v) is 8.02. The van der Waals surface area contributed by atoms with Crippen LogP contribution >= 0.6 is 31.9 Å². The molecule has 1 aromatic rings. The molecular formula is C15H16Br2O3. The molecule has 0 bridgehead atoms. The third-order valence-electron chi connectivity index (χ3n) is 3.78. The van der Waals surface area contributed by atoms with E-state index in [2.05, 4.69) is 31.9 Å². The second-order valence-electron chi connectivity index (χ2n) is 5.51. The minimum atomic E-state index is -1.12. The molecule has 1 heterocycles. The molecule has 20 heavy (non-hydrogen) atoms. The lowest BCUT2D eigenvalue weighted by Crippen LogP contribution is -2.55. The standard InChI is InChI=1S/C15H16Br2O3/c1-4-15(17)11(9-5-7-10(16)8-6-9)20-13(19)14(2,3)12(15)18/h5-8,11H,4H2,1-3H3/t11-,15+/m0/s1. The lowest BCUT2D eigenvalue weighted by atomic mass is 9.74. The number of carbonyl (C=O) groups is 2. The summed E-state index contributed by atoms with van der Waals surface area (Å²) in [4.78, 5) is 24.8. The average Bonchev–Trinajstić information content (AvgIpc) is 2.42. The van der Waals surface area contributed by atoms with E-state index < -0.39 is 21.8 Å². The Hall–Kier alpha value is -0.680. The Bertz CT molecular complexity index is 551. The number of hydrogen-bond donors (Lipinski definition) is 0. The molecule has 108 valence electrons. The van der Waals surface area contributed by atoms with Gasteiger partial charge in [-0.3, -0.25) is 9.59 Å². The van der Waals surface area contributed by atoms with Gasteiger partial charge in [0.05, 0.1) is 0 Å². The van der Waals surface area contributed by atoms with Crippen molar-refractivity contribution in [3.05, 3.63) is 34.3 Å². The number of Topliss-reactive ketones (excluding diaryl/α,β-unsaturated/α-hetero) is 1. The highest BCUT2D eigenvalue weighted by Gasteiger charge is 2.58. The number of rotatable bonds is 2. The minimum Gasteiger partial charge on any atom is -0.455 e. The molecule has 0 amide bonds. The second kappa shape index (κ2) is 5.26. The molecule has 0 saturated carbocycles. The van der Waals surface area contributed by atoms with Gasteiger partial charge in [-0.1, -0.05) is 50.9 Å². The number of halogens is 2. The van der Waals surface area contributed by atoms with Gasteiger partial charge in [0.1, 0.15) is 15.8 Å². The molecule has 0 N–H and O–H groups in total. The first-order valence-electron chi connectivity index (χ1n) is 6.44. The van der Waals surface area contributed by atoms with E-state index in [-0.39, 0.29) is 5.78 Å². The van der Waals surface area contributed by atoms with Gasteiger partial charge >= 0.3 is 5.97 Å². The number of benzene rings is 1. The highest BCUT2D eigenvalue weighted by Crippen LogP contribution is 2.49. The normalized spacial score (nSPS) is 29.1. The van der Waals surface area contributed by atoms with E-state index in [0.29, 0.717) is 6.42 Å². The van der Waals surface area contributed by atoms with E-state index in [1.807, 2.05) is 31.2 Å². The van der Waals surface area contributed by atoms with Crippen LogP contribution in [0, 0.1) is 5.41 Å². The van der Waals surface area contributed by atoms with Crippen molar-refractivity contribution in [1.82, 2.24) is 0 Å². The van der Waals surface area contributed by atoms with Crippen molar-refractivity contribution in [2.45, 2.75) is 37.6 Å². The molecule has 0 spiro atoms. The summed E-state index contributed by atoms with van der Waals surface area (Å²) in [6.07, 6.45) is -0.0582. The van der Waals surface area contributed by atoms with Gasteiger partial charge in [-0.2, -0.15) is 0 Å². The molecule has 3 nitrogen and oxygen atoms in total. The van der Waals surface area contributed by atoms with Crippen LogP contribution in [0.4, 0.5) is 0 Å². The molecule has 0 unspecified atom stereocenters. The van der Waals surface area contributed by atoms with Crippen LogP contribution in [0.1, 0.15) is 38.9 Å². The molecule has 0 aromatic heterocycles. The number of carbonyl (C=O) groups excluding carboxylic acids is 2. The van der Waals surface area contributed by atoms with E-state index >= 15 is 0 Å². The fourth-order valence-electron chi connectivity index (χ4n) is 2.39. The fraction of sp³-hybridized carbons (Fsp3) is 0.467. The molecular weight excluding hydrogens is 388 g/mol. The van der Waals surface area contributed by atoms with Crippen molar-refractivity contribution < 1.29 is 14.3 Å². The number of ketones is 1. The van der Waals surface area contributed by atoms with E-state index in [9.17, 15) is 9.59 Å². The lowest BCUT2D eigenvalue weighted by Gasteiger charge is -2.43. The molecule has 1 saturated heterocycles. The Kier molecular flexibility index (Phi) is 4.13. The van der Waals surface area contributed by atoms with E-state index in [1.165, 1.54) is 0 Å². The third-order valence-corrected chi connectivity index (χ3v) is 5.65. The maximum Gasteiger partial charge on any atom is 0.319 e. The maximum absolute atomic E-state index is 12.7. The first kappa shape index (κ1) is 15.7. The number of esters is 1. The smallest absolute Gasteiger partial charge is 0.319 e. The zero-order chi connectivity index (χ0) is 15.1. The predicted octanol–water partition coefficient (Wildman–Crippen LogP) is 4.19. The van der Waals surface area contributed by atoms with Crippen molar-refractivity contribution >= 4 is 43.6 Å². The molecule has 5 heteroatoms. The van der Waals surface area contributed by atoms with E-state index in [1.54, 1.807) is 13.8 Å². The summed E-state index contributed by atoms with van der Waals surface area (Å²) in [5, 5.41) is 0. The van der Waals surface area contributed by atoms with Crippen molar-refractivity contribution in [3.63, 3.8) is 0 Å². The van der Waals surface area contributed by atoms with Gasteiger partial charge < -0.3 is 4.74 Å². The summed E-state index contributed by atoms with van der Waals surface area (Å²) >= 11 is 6.92. The number of alkyl halides is 1. The Labute approximate surface area is 135 Å². The van der Waals surface area contributed by atoms with Crippen molar-refractivity contribution in [2.75, 3.05) is 0 Å². The molecule has 2 rings (SSSR count). The van der Waals surface area contributed by atoms with Crippen LogP contribution in [0.5, 0.6) is 0 Å². The van der Waals surface area contributed by atoms with Gasteiger partial charge in [0, 0.05) is 4.47 Å². The SMILES string of the molecule is CC[C@]1(Br)C(=O)C(C)(C)C(=O)O[C@H]1c1ccc(Br)cc1. The first-order chi connectivity index (χ1) is 9.23. The van der Waals surface area contributed by atoms with Crippen molar-refractivity contribution in [1.29, 1.82) is 0 Å². The van der Waals surface area contributed by atoms with Crippen LogP contribution in [0.15, 0.2) is 28.7 Å². The molecule has 0 aliphatic carbocycles. The quantitative estimate of drug-likeness (QED) is 0.422. The number of ether oxygens (including phenoxy) is 1. The summed E-state index contributed by atoms with van der Waals surface area (Å²) in [5.74, 6) is -0.601. The summed E-state index contributed by atoms with van der Waals surface area (Å²) in [5.41, 5.74) is -0.310. The van der Waals surface area contributed by atoms with Crippen LogP contribution in [-0.4, -0.2) is 16.1 Å². The zero-order valence-electron chi connectivity index (χ0n) is 11.6. The zero-order valence-corrected chi connectivity index (χ0v) is 14.7. The maximum atomic E-state index is 12.7. The second-order valence-corrected chi connectivity index (χ2v) is 7.84. The Balaban J connectivity index is 2.49. The van der Waals surface area contributed by atoms with Gasteiger partial charge in [-0.15, -0.1) is 0 Å². The molecule has 0 radical (unpaired) electrons. The van der Waals surface area contributed by atoms with E-state index in [4.69, 9.17) is 4.74 Å². The van der Waals surface area contributed by atoms with Crippen LogP contribution < -0.4 is 0 Å². The van der Waals surface area contributed by atoms with Crippen LogP contribution in [0.3, 0.4) is 0 Å². The average molecular weight is 404 g/mol. The van der Waals surface area contributed by atoms with Gasteiger partial charge in [0.15, 0.2) is 5.78 Å². The van der Waals surface area contributed by atoms with E-state index in [0.717, 1.165) is 10.0 Å². The van der Waals surface area contributed by atoms with Crippen molar-refractivity contribution in [2.24, 2.45) is 5.41 Å². The Morgan fingerprint density at radius 2 is 1.75 bits per heavy atom. The van der Waals surface area contributed by atoms with Gasteiger partial charge in [0.25, 0.3) is 0 Å². The van der Waals surface area contributed by atoms with Crippen LogP contribution in [0.25, 0.3) is 0 Å². The number of hydrogen-bond acceptors (Lipinski definition) is 3. The highest BCUT2D eigenvalue weighted by molar-refractivity contribution is 9.10. The largest absolute Gasteiger partial charge is 0.455 e. The third kappa shape index (κ3) is 2.35. The van der Waals surface area contributed by atoms with Crippen LogP contribution in [-0.2, 0) is 14.3 Å². The summed E-state index contributed by atoms with van der Waals surface area (Å²) in [6.45, 7) is 5.13. The fourth-order valence-corrected chi connectivity index (χ4v) is 3.51. The Morgan fingerprint density at radius 3 is 2.25 bits per heavy atom. The van der Waals surface area contributed by atoms with Crippen LogP contribution in [0.2, 0.25) is 0 Å². The highest BCUT2D eigenvalue weighted by atomic mass is 79.9. The molecule has 1 aromatic carbocycles. The monoisotopic (exact) mass is 402 g/mol. The van der Waals surface area contributed by atoms with Crippen molar-refractivity contribution in [3.8, 4) is 0 Å². The molecule has 1 aliphatic rings. The van der Waals surface area contributed by atoms with Gasteiger partial charge in [-0.05, 0) is 38.0 Å². The van der Waals surface area contributed by atoms with Gasteiger partial charge in [-0.25, -0.2) is 0 Å². The summed E-state index contributed by atoms with van der Waals surface area (Å²) in [7, 11) is 0. The molecule has 2 atom stereocenters. The number of cyclic esters (lactones) is 1. The molecule has 1 aliphatic heterocycles. The molecule has 1 fully saturated rings.